The smallest absolute Gasteiger partial charge is 0.237 e. The second-order valence-corrected chi connectivity index (χ2v) is 8.18. The Morgan fingerprint density at radius 3 is 2.57 bits per heavy atom. The Morgan fingerprint density at radius 2 is 1.80 bits per heavy atom. The SMILES string of the molecule is CCn1c(S[C@@H](C)C(=O)Nc2cccc3ccccc23)nnc1-c1ccc(O)cc1. The molecule has 7 heteroatoms. The van der Waals surface area contributed by atoms with Crippen LogP contribution in [-0.4, -0.2) is 31.0 Å². The van der Waals surface area contributed by atoms with Crippen molar-refractivity contribution in [1.82, 2.24) is 14.8 Å². The monoisotopic (exact) mass is 418 g/mol. The highest BCUT2D eigenvalue weighted by Gasteiger charge is 2.21. The van der Waals surface area contributed by atoms with Gasteiger partial charge in [0.05, 0.1) is 5.25 Å². The number of carbonyl (C=O) groups excluding carboxylic acids is 1. The number of anilines is 1. The number of nitrogens with one attached hydrogen (secondary N) is 1. The van der Waals surface area contributed by atoms with Crippen molar-refractivity contribution in [2.24, 2.45) is 0 Å². The van der Waals surface area contributed by atoms with Gasteiger partial charge in [0.25, 0.3) is 0 Å². The largest absolute Gasteiger partial charge is 0.508 e. The van der Waals surface area contributed by atoms with Crippen molar-refractivity contribution < 1.29 is 9.90 Å². The van der Waals surface area contributed by atoms with Crippen LogP contribution in [0.4, 0.5) is 5.69 Å². The molecule has 0 fully saturated rings. The Bertz CT molecular complexity index is 1180. The number of hydrogen-bond donors (Lipinski definition) is 2. The van der Waals surface area contributed by atoms with Crippen LogP contribution in [0.3, 0.4) is 0 Å². The van der Waals surface area contributed by atoms with Crippen LogP contribution in [-0.2, 0) is 11.3 Å². The van der Waals surface area contributed by atoms with Crippen molar-refractivity contribution >= 4 is 34.1 Å². The molecule has 1 atom stereocenters. The minimum Gasteiger partial charge on any atom is -0.508 e. The molecule has 0 aliphatic rings. The number of hydrogen-bond acceptors (Lipinski definition) is 5. The third-order valence-corrected chi connectivity index (χ3v) is 5.94. The van der Waals surface area contributed by atoms with Gasteiger partial charge in [0.2, 0.25) is 5.91 Å². The second-order valence-electron chi connectivity index (χ2n) is 6.87. The standard InChI is InChI=1S/C23H22N4O2S/c1-3-27-21(17-11-13-18(28)14-12-17)25-26-23(27)30-15(2)22(29)24-20-10-6-8-16-7-4-5-9-19(16)20/h4-15,28H,3H2,1-2H3,(H,24,29)/t15-/m0/s1. The van der Waals surface area contributed by atoms with E-state index < -0.39 is 0 Å². The Morgan fingerprint density at radius 1 is 1.07 bits per heavy atom. The van der Waals surface area contributed by atoms with Gasteiger partial charge in [-0.2, -0.15) is 0 Å². The van der Waals surface area contributed by atoms with Crippen molar-refractivity contribution in [3.8, 4) is 17.1 Å². The van der Waals surface area contributed by atoms with E-state index in [2.05, 4.69) is 15.5 Å². The first kappa shape index (κ1) is 20.0. The molecule has 4 aromatic rings. The zero-order valence-electron chi connectivity index (χ0n) is 16.7. The molecule has 30 heavy (non-hydrogen) atoms. The molecule has 0 saturated heterocycles. The molecule has 0 aliphatic heterocycles. The molecule has 4 rings (SSSR count). The molecule has 3 aromatic carbocycles. The lowest BCUT2D eigenvalue weighted by atomic mass is 10.1. The molecular formula is C23H22N4O2S. The van der Waals surface area contributed by atoms with Crippen molar-refractivity contribution in [1.29, 1.82) is 0 Å². The molecule has 1 aromatic heterocycles. The van der Waals surface area contributed by atoms with Gasteiger partial charge in [-0.05, 0) is 49.6 Å². The average molecular weight is 419 g/mol. The van der Waals surface area contributed by atoms with Crippen LogP contribution in [0.2, 0.25) is 0 Å². The Balaban J connectivity index is 1.53. The average Bonchev–Trinajstić information content (AvgIpc) is 3.17. The van der Waals surface area contributed by atoms with Crippen LogP contribution in [0.1, 0.15) is 13.8 Å². The van der Waals surface area contributed by atoms with E-state index in [4.69, 9.17) is 0 Å². The summed E-state index contributed by atoms with van der Waals surface area (Å²) in [6.07, 6.45) is 0. The molecule has 1 amide bonds. The van der Waals surface area contributed by atoms with Gasteiger partial charge in [-0.15, -0.1) is 10.2 Å². The third kappa shape index (κ3) is 4.02. The van der Waals surface area contributed by atoms with Gasteiger partial charge in [0.15, 0.2) is 11.0 Å². The summed E-state index contributed by atoms with van der Waals surface area (Å²) in [5.41, 5.74) is 1.66. The van der Waals surface area contributed by atoms with Gasteiger partial charge < -0.3 is 15.0 Å². The molecule has 1 heterocycles. The van der Waals surface area contributed by atoms with Crippen LogP contribution in [0.15, 0.2) is 71.9 Å². The van der Waals surface area contributed by atoms with Crippen molar-refractivity contribution in [2.45, 2.75) is 30.8 Å². The number of carbonyl (C=O) groups is 1. The fourth-order valence-corrected chi connectivity index (χ4v) is 4.18. The zero-order chi connectivity index (χ0) is 21.1. The topological polar surface area (TPSA) is 80.0 Å². The summed E-state index contributed by atoms with van der Waals surface area (Å²) in [6, 6.07) is 20.7. The Hall–Kier alpha value is -3.32. The molecule has 0 spiro atoms. The highest BCUT2D eigenvalue weighted by molar-refractivity contribution is 8.00. The van der Waals surface area contributed by atoms with Crippen LogP contribution >= 0.6 is 11.8 Å². The lowest BCUT2D eigenvalue weighted by Gasteiger charge is -2.14. The van der Waals surface area contributed by atoms with E-state index in [-0.39, 0.29) is 16.9 Å². The summed E-state index contributed by atoms with van der Waals surface area (Å²) in [5, 5.41) is 23.6. The molecule has 152 valence electrons. The van der Waals surface area contributed by atoms with Gasteiger partial charge in [0.1, 0.15) is 5.75 Å². The zero-order valence-corrected chi connectivity index (χ0v) is 17.6. The molecule has 0 unspecified atom stereocenters. The number of phenols is 1. The number of nitrogens with zero attached hydrogens (tertiary/aromatic N) is 3. The number of aromatic hydroxyl groups is 1. The van der Waals surface area contributed by atoms with Crippen molar-refractivity contribution in [3.63, 3.8) is 0 Å². The van der Waals surface area contributed by atoms with E-state index in [0.717, 1.165) is 22.0 Å². The maximum Gasteiger partial charge on any atom is 0.237 e. The van der Waals surface area contributed by atoms with Crippen LogP contribution in [0.5, 0.6) is 5.75 Å². The molecular weight excluding hydrogens is 396 g/mol. The third-order valence-electron chi connectivity index (χ3n) is 4.86. The number of benzene rings is 3. The first-order chi connectivity index (χ1) is 14.6. The first-order valence-corrected chi connectivity index (χ1v) is 10.6. The molecule has 6 nitrogen and oxygen atoms in total. The van der Waals surface area contributed by atoms with Gasteiger partial charge in [-0.25, -0.2) is 0 Å². The minimum absolute atomic E-state index is 0.0896. The highest BCUT2D eigenvalue weighted by Crippen LogP contribution is 2.29. The van der Waals surface area contributed by atoms with E-state index >= 15 is 0 Å². The van der Waals surface area contributed by atoms with E-state index in [9.17, 15) is 9.90 Å². The fraction of sp³-hybridized carbons (Fsp3) is 0.174. The lowest BCUT2D eigenvalue weighted by Crippen LogP contribution is -2.23. The number of aromatic nitrogens is 3. The van der Waals surface area contributed by atoms with Gasteiger partial charge >= 0.3 is 0 Å². The van der Waals surface area contributed by atoms with E-state index in [0.29, 0.717) is 17.5 Å². The first-order valence-electron chi connectivity index (χ1n) is 9.74. The predicted molar refractivity (Wildman–Crippen MR) is 121 cm³/mol. The van der Waals surface area contributed by atoms with Crippen molar-refractivity contribution in [3.05, 3.63) is 66.7 Å². The maximum atomic E-state index is 12.9. The Kier molecular flexibility index (Phi) is 5.72. The predicted octanol–water partition coefficient (Wildman–Crippen LogP) is 4.94. The second kappa shape index (κ2) is 8.59. The normalized spacial score (nSPS) is 12.1. The molecule has 0 saturated carbocycles. The van der Waals surface area contributed by atoms with Crippen LogP contribution in [0, 0.1) is 0 Å². The summed E-state index contributed by atoms with van der Waals surface area (Å²) in [6.45, 7) is 4.54. The number of phenolic OH excluding ortho intramolecular Hbond substituents is 1. The maximum absolute atomic E-state index is 12.9. The quantitative estimate of drug-likeness (QED) is 0.434. The van der Waals surface area contributed by atoms with Crippen LogP contribution < -0.4 is 5.32 Å². The summed E-state index contributed by atoms with van der Waals surface area (Å²) >= 11 is 1.37. The molecule has 2 N–H and O–H groups in total. The summed E-state index contributed by atoms with van der Waals surface area (Å²) in [7, 11) is 0. The number of thioether (sulfide) groups is 1. The Labute approximate surface area is 179 Å². The number of amides is 1. The van der Waals surface area contributed by atoms with Gasteiger partial charge in [-0.1, -0.05) is 48.2 Å². The summed E-state index contributed by atoms with van der Waals surface area (Å²) < 4.78 is 1.97. The highest BCUT2D eigenvalue weighted by atomic mass is 32.2. The molecule has 0 radical (unpaired) electrons. The number of fused-ring (bicyclic) bond motifs is 1. The van der Waals surface area contributed by atoms with E-state index in [1.165, 1.54) is 11.8 Å². The fourth-order valence-electron chi connectivity index (χ4n) is 3.27. The molecule has 0 bridgehead atoms. The summed E-state index contributed by atoms with van der Waals surface area (Å²) in [5.74, 6) is 0.824. The minimum atomic E-state index is -0.355. The van der Waals surface area contributed by atoms with Crippen molar-refractivity contribution in [2.75, 3.05) is 5.32 Å². The number of rotatable bonds is 6. The summed E-state index contributed by atoms with van der Waals surface area (Å²) in [4.78, 5) is 12.9. The van der Waals surface area contributed by atoms with Gasteiger partial charge in [0, 0.05) is 23.2 Å². The van der Waals surface area contributed by atoms with E-state index in [1.807, 2.05) is 60.9 Å². The molecule has 0 aliphatic carbocycles. The van der Waals surface area contributed by atoms with Crippen LogP contribution in [0.25, 0.3) is 22.2 Å². The van der Waals surface area contributed by atoms with Gasteiger partial charge in [-0.3, -0.25) is 4.79 Å². The van der Waals surface area contributed by atoms with E-state index in [1.54, 1.807) is 24.3 Å². The lowest BCUT2D eigenvalue weighted by molar-refractivity contribution is -0.115.